The number of carboxylic acid groups (broad SMARTS) is 1. The van der Waals surface area contributed by atoms with Crippen molar-refractivity contribution in [1.82, 2.24) is 5.32 Å². The largest absolute Gasteiger partial charge is 0.508 e. The average molecular weight is 345 g/mol. The summed E-state index contributed by atoms with van der Waals surface area (Å²) in [5.41, 5.74) is 1.83. The van der Waals surface area contributed by atoms with Crippen molar-refractivity contribution in [2.45, 2.75) is 25.5 Å². The molecule has 0 aliphatic heterocycles. The van der Waals surface area contributed by atoms with Crippen LogP contribution in [0.5, 0.6) is 11.5 Å². The molecule has 0 heterocycles. The summed E-state index contributed by atoms with van der Waals surface area (Å²) in [6.07, 6.45) is 0.110. The van der Waals surface area contributed by atoms with Crippen LogP contribution in [0.15, 0.2) is 48.5 Å². The number of carbonyl (C=O) groups is 1. The first-order valence-corrected chi connectivity index (χ1v) is 8.09. The van der Waals surface area contributed by atoms with Crippen molar-refractivity contribution in [3.8, 4) is 11.5 Å². The third-order valence-corrected chi connectivity index (χ3v) is 3.87. The van der Waals surface area contributed by atoms with Gasteiger partial charge in [0.2, 0.25) is 0 Å². The van der Waals surface area contributed by atoms with Crippen LogP contribution in [0.2, 0.25) is 0 Å². The van der Waals surface area contributed by atoms with E-state index in [1.54, 1.807) is 36.4 Å². The monoisotopic (exact) mass is 345 g/mol. The van der Waals surface area contributed by atoms with E-state index in [1.165, 1.54) is 0 Å². The molecule has 0 radical (unpaired) electrons. The lowest BCUT2D eigenvalue weighted by Crippen LogP contribution is -2.33. The molecule has 0 aliphatic carbocycles. The lowest BCUT2D eigenvalue weighted by Gasteiger charge is -2.20. The second-order valence-electron chi connectivity index (χ2n) is 5.86. The molecule has 2 aromatic carbocycles. The summed E-state index contributed by atoms with van der Waals surface area (Å²) < 4.78 is 5.09. The lowest BCUT2D eigenvalue weighted by molar-refractivity contribution is -0.139. The Morgan fingerprint density at radius 3 is 2.36 bits per heavy atom. The highest BCUT2D eigenvalue weighted by Gasteiger charge is 2.15. The average Bonchev–Trinajstić information content (AvgIpc) is 2.61. The SMILES string of the molecule is C[C@@H](NCCc1ccc(OCC(=O)O)cc1)[C@H](O)c1ccc(O)cc1. The van der Waals surface area contributed by atoms with E-state index in [0.717, 1.165) is 17.5 Å². The summed E-state index contributed by atoms with van der Waals surface area (Å²) in [5, 5.41) is 31.4. The molecule has 2 rings (SSSR count). The highest BCUT2D eigenvalue weighted by atomic mass is 16.5. The molecule has 0 amide bonds. The van der Waals surface area contributed by atoms with Crippen LogP contribution in [0, 0.1) is 0 Å². The van der Waals surface area contributed by atoms with Gasteiger partial charge in [0, 0.05) is 6.04 Å². The summed E-state index contributed by atoms with van der Waals surface area (Å²) >= 11 is 0. The zero-order chi connectivity index (χ0) is 18.2. The van der Waals surface area contributed by atoms with Crippen molar-refractivity contribution in [2.24, 2.45) is 0 Å². The van der Waals surface area contributed by atoms with Gasteiger partial charge in [0.15, 0.2) is 6.61 Å². The summed E-state index contributed by atoms with van der Waals surface area (Å²) in [4.78, 5) is 10.5. The van der Waals surface area contributed by atoms with Gasteiger partial charge in [-0.15, -0.1) is 0 Å². The Morgan fingerprint density at radius 1 is 1.12 bits per heavy atom. The second-order valence-corrected chi connectivity index (χ2v) is 5.86. The van der Waals surface area contributed by atoms with Gasteiger partial charge in [0.25, 0.3) is 0 Å². The maximum Gasteiger partial charge on any atom is 0.341 e. The highest BCUT2D eigenvalue weighted by Crippen LogP contribution is 2.19. The molecule has 134 valence electrons. The van der Waals surface area contributed by atoms with E-state index in [1.807, 2.05) is 19.1 Å². The number of benzene rings is 2. The number of aromatic hydroxyl groups is 1. The highest BCUT2D eigenvalue weighted by molar-refractivity contribution is 5.68. The smallest absolute Gasteiger partial charge is 0.341 e. The Kier molecular flexibility index (Phi) is 6.80. The molecule has 0 bridgehead atoms. The molecule has 0 fully saturated rings. The first-order valence-electron chi connectivity index (χ1n) is 8.09. The van der Waals surface area contributed by atoms with Gasteiger partial charge in [-0.05, 0) is 55.3 Å². The Morgan fingerprint density at radius 2 is 1.76 bits per heavy atom. The van der Waals surface area contributed by atoms with Crippen LogP contribution in [-0.4, -0.2) is 40.5 Å². The van der Waals surface area contributed by atoms with E-state index < -0.39 is 12.1 Å². The van der Waals surface area contributed by atoms with Crippen LogP contribution in [0.25, 0.3) is 0 Å². The minimum atomic E-state index is -1.01. The fourth-order valence-electron chi connectivity index (χ4n) is 2.41. The number of aliphatic hydroxyl groups is 1. The number of hydrogen-bond donors (Lipinski definition) is 4. The molecule has 6 heteroatoms. The normalized spacial score (nSPS) is 13.2. The van der Waals surface area contributed by atoms with Gasteiger partial charge >= 0.3 is 5.97 Å². The number of nitrogens with one attached hydrogen (secondary N) is 1. The topological polar surface area (TPSA) is 99.0 Å². The van der Waals surface area contributed by atoms with Gasteiger partial charge in [-0.2, -0.15) is 0 Å². The maximum atomic E-state index is 10.5. The first-order chi connectivity index (χ1) is 12.0. The van der Waals surface area contributed by atoms with Gasteiger partial charge in [-0.1, -0.05) is 24.3 Å². The van der Waals surface area contributed by atoms with Gasteiger partial charge in [-0.25, -0.2) is 4.79 Å². The fourth-order valence-corrected chi connectivity index (χ4v) is 2.41. The second kappa shape index (κ2) is 9.05. The number of carboxylic acids is 1. The molecule has 0 aliphatic rings. The van der Waals surface area contributed by atoms with E-state index >= 15 is 0 Å². The van der Waals surface area contributed by atoms with Crippen molar-refractivity contribution in [3.63, 3.8) is 0 Å². The molecule has 4 N–H and O–H groups in total. The Hall–Kier alpha value is -2.57. The minimum Gasteiger partial charge on any atom is -0.508 e. The third-order valence-electron chi connectivity index (χ3n) is 3.87. The lowest BCUT2D eigenvalue weighted by atomic mass is 10.0. The third kappa shape index (κ3) is 6.10. The van der Waals surface area contributed by atoms with Crippen molar-refractivity contribution < 1.29 is 24.9 Å². The van der Waals surface area contributed by atoms with Crippen LogP contribution in [0.4, 0.5) is 0 Å². The minimum absolute atomic E-state index is 0.136. The number of aliphatic carboxylic acids is 1. The standard InChI is InChI=1S/C19H23NO5/c1-13(19(24)15-4-6-16(21)7-5-15)20-11-10-14-2-8-17(9-3-14)25-12-18(22)23/h2-9,13,19-21,24H,10-12H2,1H3,(H,22,23)/t13-,19+/m1/s1. The molecule has 0 spiro atoms. The van der Waals surface area contributed by atoms with E-state index in [-0.39, 0.29) is 18.4 Å². The van der Waals surface area contributed by atoms with Crippen molar-refractivity contribution in [1.29, 1.82) is 0 Å². The number of phenols is 1. The maximum absolute atomic E-state index is 10.5. The molecule has 2 atom stereocenters. The van der Waals surface area contributed by atoms with Gasteiger partial charge in [0.05, 0.1) is 6.10 Å². The molecule has 6 nitrogen and oxygen atoms in total. The van der Waals surface area contributed by atoms with Crippen LogP contribution in [0.3, 0.4) is 0 Å². The van der Waals surface area contributed by atoms with E-state index in [4.69, 9.17) is 9.84 Å². The molecule has 2 aromatic rings. The molecule has 25 heavy (non-hydrogen) atoms. The molecule has 0 saturated carbocycles. The molecule has 0 unspecified atom stereocenters. The molecule has 0 saturated heterocycles. The van der Waals surface area contributed by atoms with Crippen molar-refractivity contribution in [3.05, 3.63) is 59.7 Å². The fraction of sp³-hybridized carbons (Fsp3) is 0.316. The van der Waals surface area contributed by atoms with Crippen molar-refractivity contribution >= 4 is 5.97 Å². The van der Waals surface area contributed by atoms with Crippen LogP contribution in [-0.2, 0) is 11.2 Å². The number of rotatable bonds is 9. The van der Waals surface area contributed by atoms with Gasteiger partial charge in [-0.3, -0.25) is 0 Å². The molecule has 0 aromatic heterocycles. The van der Waals surface area contributed by atoms with E-state index in [0.29, 0.717) is 12.3 Å². The first kappa shape index (κ1) is 18.8. The van der Waals surface area contributed by atoms with Crippen LogP contribution in [0.1, 0.15) is 24.2 Å². The zero-order valence-corrected chi connectivity index (χ0v) is 14.1. The number of phenolic OH excluding ortho intramolecular Hbond substituents is 1. The van der Waals surface area contributed by atoms with Crippen molar-refractivity contribution in [2.75, 3.05) is 13.2 Å². The summed E-state index contributed by atoms with van der Waals surface area (Å²) in [6, 6.07) is 13.6. The number of ether oxygens (including phenoxy) is 1. The number of hydrogen-bond acceptors (Lipinski definition) is 5. The zero-order valence-electron chi connectivity index (χ0n) is 14.1. The summed E-state index contributed by atoms with van der Waals surface area (Å²) in [6.45, 7) is 2.24. The van der Waals surface area contributed by atoms with Crippen LogP contribution >= 0.6 is 0 Å². The summed E-state index contributed by atoms with van der Waals surface area (Å²) in [5.74, 6) is -0.308. The number of aliphatic hydroxyl groups excluding tert-OH is 1. The van der Waals surface area contributed by atoms with Gasteiger partial charge in [0.1, 0.15) is 11.5 Å². The molecular formula is C19H23NO5. The van der Waals surface area contributed by atoms with E-state index in [2.05, 4.69) is 5.32 Å². The predicted molar refractivity (Wildman–Crippen MR) is 93.8 cm³/mol. The predicted octanol–water partition coefficient (Wildman–Crippen LogP) is 2.11. The Labute approximate surface area is 146 Å². The Bertz CT molecular complexity index is 669. The van der Waals surface area contributed by atoms with Gasteiger partial charge < -0.3 is 25.4 Å². The summed E-state index contributed by atoms with van der Waals surface area (Å²) in [7, 11) is 0. The van der Waals surface area contributed by atoms with Crippen LogP contribution < -0.4 is 10.1 Å². The molecular weight excluding hydrogens is 322 g/mol. The Balaban J connectivity index is 1.77. The quantitative estimate of drug-likeness (QED) is 0.556. The van der Waals surface area contributed by atoms with E-state index in [9.17, 15) is 15.0 Å².